The number of hydrogen-bond donors (Lipinski definition) is 0. The number of ether oxygens (including phenoxy) is 1. The van der Waals surface area contributed by atoms with E-state index in [0.717, 1.165) is 22.4 Å². The molecule has 3 aromatic rings. The van der Waals surface area contributed by atoms with Crippen LogP contribution in [0.15, 0.2) is 42.5 Å². The first-order valence-electron chi connectivity index (χ1n) is 8.39. The van der Waals surface area contributed by atoms with Crippen LogP contribution in [0.25, 0.3) is 10.8 Å². The Morgan fingerprint density at radius 2 is 1.96 bits per heavy atom. The van der Waals surface area contributed by atoms with Crippen LogP contribution in [-0.4, -0.2) is 39.2 Å². The smallest absolute Gasteiger partial charge is 0.254 e. The lowest BCUT2D eigenvalue weighted by atomic mass is 10.1. The van der Waals surface area contributed by atoms with Crippen LogP contribution in [0.4, 0.5) is 0 Å². The molecule has 1 aliphatic rings. The van der Waals surface area contributed by atoms with Crippen molar-refractivity contribution in [2.75, 3.05) is 13.7 Å². The van der Waals surface area contributed by atoms with Gasteiger partial charge in [-0.15, -0.1) is 10.2 Å². The van der Waals surface area contributed by atoms with E-state index in [2.05, 4.69) is 14.8 Å². The highest BCUT2D eigenvalue weighted by Crippen LogP contribution is 2.27. The molecule has 0 saturated carbocycles. The van der Waals surface area contributed by atoms with Gasteiger partial charge in [-0.05, 0) is 29.8 Å². The monoisotopic (exact) mass is 336 g/mol. The molecule has 0 N–H and O–H groups in total. The number of fused-ring (bicyclic) bond motifs is 2. The van der Waals surface area contributed by atoms with Crippen LogP contribution in [0.1, 0.15) is 35.0 Å². The molecule has 128 valence electrons. The lowest BCUT2D eigenvalue weighted by molar-refractivity contribution is 0.0632. The molecule has 1 aliphatic heterocycles. The number of carbonyl (C=O) groups is 1. The van der Waals surface area contributed by atoms with Crippen molar-refractivity contribution in [2.45, 2.75) is 26.1 Å². The van der Waals surface area contributed by atoms with Crippen molar-refractivity contribution in [1.29, 1.82) is 0 Å². The first-order valence-corrected chi connectivity index (χ1v) is 8.39. The van der Waals surface area contributed by atoms with Crippen molar-refractivity contribution >= 4 is 16.7 Å². The molecule has 0 saturated heterocycles. The average molecular weight is 336 g/mol. The van der Waals surface area contributed by atoms with Gasteiger partial charge < -0.3 is 14.2 Å². The number of carbonyl (C=O) groups excluding carboxylic acids is 1. The van der Waals surface area contributed by atoms with E-state index in [1.54, 1.807) is 7.11 Å². The van der Waals surface area contributed by atoms with Gasteiger partial charge in [0.25, 0.3) is 5.91 Å². The maximum absolute atomic E-state index is 13.0. The third-order valence-corrected chi connectivity index (χ3v) is 4.79. The SMILES string of the molecule is COCc1nnc2n1CCN(C(=O)c1ccc3ccccc3c1)C2C. The molecule has 1 atom stereocenters. The summed E-state index contributed by atoms with van der Waals surface area (Å²) in [4.78, 5) is 14.9. The molecule has 0 spiro atoms. The fraction of sp³-hybridized carbons (Fsp3) is 0.316. The summed E-state index contributed by atoms with van der Waals surface area (Å²) in [5.41, 5.74) is 0.704. The Labute approximate surface area is 146 Å². The fourth-order valence-electron chi connectivity index (χ4n) is 3.44. The molecule has 0 aliphatic carbocycles. The maximum Gasteiger partial charge on any atom is 0.254 e. The van der Waals surface area contributed by atoms with Crippen molar-refractivity contribution in [3.8, 4) is 0 Å². The number of hydrogen-bond acceptors (Lipinski definition) is 4. The fourth-order valence-corrected chi connectivity index (χ4v) is 3.44. The second-order valence-corrected chi connectivity index (χ2v) is 6.30. The van der Waals surface area contributed by atoms with Gasteiger partial charge in [0.2, 0.25) is 0 Å². The minimum absolute atomic E-state index is 0.0285. The molecule has 1 unspecified atom stereocenters. The van der Waals surface area contributed by atoms with Crippen molar-refractivity contribution in [1.82, 2.24) is 19.7 Å². The molecule has 6 heteroatoms. The van der Waals surface area contributed by atoms with Crippen molar-refractivity contribution in [3.63, 3.8) is 0 Å². The number of aromatic nitrogens is 3. The van der Waals surface area contributed by atoms with Gasteiger partial charge in [0.15, 0.2) is 11.6 Å². The van der Waals surface area contributed by atoms with Gasteiger partial charge in [0.05, 0.1) is 6.04 Å². The normalized spacial score (nSPS) is 16.9. The predicted octanol–water partition coefficient (Wildman–Crippen LogP) is 2.79. The topological polar surface area (TPSA) is 60.3 Å². The van der Waals surface area contributed by atoms with E-state index < -0.39 is 0 Å². The van der Waals surface area contributed by atoms with E-state index in [0.29, 0.717) is 25.3 Å². The molecule has 0 radical (unpaired) electrons. The Kier molecular flexibility index (Phi) is 3.97. The van der Waals surface area contributed by atoms with E-state index in [1.165, 1.54) is 0 Å². The molecule has 0 fully saturated rings. The summed E-state index contributed by atoms with van der Waals surface area (Å²) in [7, 11) is 1.64. The molecule has 25 heavy (non-hydrogen) atoms. The highest BCUT2D eigenvalue weighted by molar-refractivity contribution is 5.98. The van der Waals surface area contributed by atoms with Gasteiger partial charge in [-0.25, -0.2) is 0 Å². The molecule has 1 aromatic heterocycles. The molecular formula is C19H20N4O2. The Hall–Kier alpha value is -2.73. The van der Waals surface area contributed by atoms with Crippen LogP contribution in [0.5, 0.6) is 0 Å². The number of rotatable bonds is 3. The van der Waals surface area contributed by atoms with Gasteiger partial charge in [-0.1, -0.05) is 30.3 Å². The first-order chi connectivity index (χ1) is 12.2. The van der Waals surface area contributed by atoms with Gasteiger partial charge >= 0.3 is 0 Å². The zero-order chi connectivity index (χ0) is 17.4. The Bertz CT molecular complexity index is 934. The zero-order valence-corrected chi connectivity index (χ0v) is 14.3. The summed E-state index contributed by atoms with van der Waals surface area (Å²) in [6.45, 7) is 3.74. The van der Waals surface area contributed by atoms with E-state index in [1.807, 2.05) is 54.3 Å². The van der Waals surface area contributed by atoms with Crippen LogP contribution in [0.3, 0.4) is 0 Å². The van der Waals surface area contributed by atoms with Crippen LogP contribution < -0.4 is 0 Å². The number of amides is 1. The standard InChI is InChI=1S/C19H20N4O2/c1-13-18-21-20-17(12-25-2)23(18)10-9-22(13)19(24)16-8-7-14-5-3-4-6-15(14)11-16/h3-8,11,13H,9-10,12H2,1-2H3. The molecular weight excluding hydrogens is 316 g/mol. The average Bonchev–Trinajstić information content (AvgIpc) is 3.05. The third-order valence-electron chi connectivity index (χ3n) is 4.79. The summed E-state index contributed by atoms with van der Waals surface area (Å²) in [6.07, 6.45) is 0. The molecule has 2 aromatic carbocycles. The highest BCUT2D eigenvalue weighted by Gasteiger charge is 2.31. The Morgan fingerprint density at radius 1 is 1.16 bits per heavy atom. The van der Waals surface area contributed by atoms with Gasteiger partial charge in [0.1, 0.15) is 6.61 Å². The van der Waals surface area contributed by atoms with Crippen LogP contribution in [-0.2, 0) is 17.9 Å². The van der Waals surface area contributed by atoms with E-state index >= 15 is 0 Å². The van der Waals surface area contributed by atoms with Crippen molar-refractivity contribution in [2.24, 2.45) is 0 Å². The van der Waals surface area contributed by atoms with Gasteiger partial charge in [-0.3, -0.25) is 4.79 Å². The number of nitrogens with zero attached hydrogens (tertiary/aromatic N) is 4. The zero-order valence-electron chi connectivity index (χ0n) is 14.3. The summed E-state index contributed by atoms with van der Waals surface area (Å²) < 4.78 is 7.22. The molecule has 1 amide bonds. The largest absolute Gasteiger partial charge is 0.377 e. The molecule has 2 heterocycles. The minimum atomic E-state index is -0.120. The summed E-state index contributed by atoms with van der Waals surface area (Å²) in [5, 5.41) is 10.7. The molecule has 6 nitrogen and oxygen atoms in total. The number of methoxy groups -OCH3 is 1. The van der Waals surface area contributed by atoms with Crippen molar-refractivity contribution < 1.29 is 9.53 Å². The highest BCUT2D eigenvalue weighted by atomic mass is 16.5. The number of benzene rings is 2. The third kappa shape index (κ3) is 2.68. The molecule has 4 rings (SSSR count). The maximum atomic E-state index is 13.0. The second kappa shape index (κ2) is 6.29. The minimum Gasteiger partial charge on any atom is -0.377 e. The lowest BCUT2D eigenvalue weighted by Crippen LogP contribution is -2.41. The van der Waals surface area contributed by atoms with Crippen molar-refractivity contribution in [3.05, 3.63) is 59.7 Å². The van der Waals surface area contributed by atoms with Gasteiger partial charge in [0, 0.05) is 25.8 Å². The van der Waals surface area contributed by atoms with Crippen LogP contribution >= 0.6 is 0 Å². The first kappa shape index (κ1) is 15.8. The summed E-state index contributed by atoms with van der Waals surface area (Å²) >= 11 is 0. The molecule has 0 bridgehead atoms. The van der Waals surface area contributed by atoms with Crippen LogP contribution in [0, 0.1) is 0 Å². The summed E-state index contributed by atoms with van der Waals surface area (Å²) in [5.74, 6) is 1.65. The van der Waals surface area contributed by atoms with E-state index in [4.69, 9.17) is 4.74 Å². The quantitative estimate of drug-likeness (QED) is 0.738. The Balaban J connectivity index is 1.63. The van der Waals surface area contributed by atoms with Crippen LogP contribution in [0.2, 0.25) is 0 Å². The predicted molar refractivity (Wildman–Crippen MR) is 94.1 cm³/mol. The van der Waals surface area contributed by atoms with Gasteiger partial charge in [-0.2, -0.15) is 0 Å². The summed E-state index contributed by atoms with van der Waals surface area (Å²) in [6, 6.07) is 13.8. The Morgan fingerprint density at radius 3 is 2.76 bits per heavy atom. The van der Waals surface area contributed by atoms with E-state index in [-0.39, 0.29) is 11.9 Å². The second-order valence-electron chi connectivity index (χ2n) is 6.30. The van der Waals surface area contributed by atoms with E-state index in [9.17, 15) is 4.79 Å². The lowest BCUT2D eigenvalue weighted by Gasteiger charge is -2.33.